The van der Waals surface area contributed by atoms with Crippen LogP contribution in [0.25, 0.3) is 0 Å². The van der Waals surface area contributed by atoms with Crippen LogP contribution in [0.2, 0.25) is 0 Å². The molecule has 134 valence electrons. The monoisotopic (exact) mass is 345 g/mol. The van der Waals surface area contributed by atoms with Crippen molar-refractivity contribution < 1.29 is 9.21 Å². The first-order valence-corrected chi connectivity index (χ1v) is 8.21. The van der Waals surface area contributed by atoms with E-state index in [0.717, 1.165) is 13.1 Å². The maximum atomic E-state index is 12.3. The molecule has 9 nitrogen and oxygen atoms in total. The SMILES string of the molecule is C[C@H](c1nc(N)nc(N(C)C)n1)N1CCN(C(=O)c2ccco2)CC1. The Morgan fingerprint density at radius 1 is 1.24 bits per heavy atom. The average molecular weight is 345 g/mol. The molecule has 1 aliphatic rings. The molecule has 1 atom stereocenters. The lowest BCUT2D eigenvalue weighted by atomic mass is 10.2. The van der Waals surface area contributed by atoms with Gasteiger partial charge in [0.15, 0.2) is 11.6 Å². The first-order valence-electron chi connectivity index (χ1n) is 8.21. The topological polar surface area (TPSA) is 105 Å². The fraction of sp³-hybridized carbons (Fsp3) is 0.500. The van der Waals surface area contributed by atoms with E-state index in [2.05, 4.69) is 19.9 Å². The Hall–Kier alpha value is -2.68. The van der Waals surface area contributed by atoms with Crippen molar-refractivity contribution in [1.29, 1.82) is 0 Å². The third-order valence-electron chi connectivity index (χ3n) is 4.31. The molecule has 1 saturated heterocycles. The van der Waals surface area contributed by atoms with Gasteiger partial charge in [0.2, 0.25) is 11.9 Å². The van der Waals surface area contributed by atoms with Crippen molar-refractivity contribution in [3.63, 3.8) is 0 Å². The lowest BCUT2D eigenvalue weighted by molar-refractivity contribution is 0.0546. The lowest BCUT2D eigenvalue weighted by Gasteiger charge is -2.37. The van der Waals surface area contributed by atoms with Gasteiger partial charge in [0.05, 0.1) is 12.3 Å². The summed E-state index contributed by atoms with van der Waals surface area (Å²) in [6, 6.07) is 3.40. The van der Waals surface area contributed by atoms with Crippen molar-refractivity contribution in [3.05, 3.63) is 30.0 Å². The number of aromatic nitrogens is 3. The molecule has 3 rings (SSSR count). The number of hydrogen-bond donors (Lipinski definition) is 1. The van der Waals surface area contributed by atoms with E-state index >= 15 is 0 Å². The van der Waals surface area contributed by atoms with Gasteiger partial charge in [-0.15, -0.1) is 0 Å². The van der Waals surface area contributed by atoms with Crippen LogP contribution in [0, 0.1) is 0 Å². The normalized spacial score (nSPS) is 16.7. The molecule has 0 saturated carbocycles. The summed E-state index contributed by atoms with van der Waals surface area (Å²) in [5, 5.41) is 0. The summed E-state index contributed by atoms with van der Waals surface area (Å²) in [4.78, 5) is 31.1. The van der Waals surface area contributed by atoms with Gasteiger partial charge in [0.1, 0.15) is 0 Å². The van der Waals surface area contributed by atoms with Crippen molar-refractivity contribution in [2.24, 2.45) is 0 Å². The molecule has 0 aliphatic carbocycles. The first kappa shape index (κ1) is 17.2. The molecule has 0 aromatic carbocycles. The van der Waals surface area contributed by atoms with Crippen LogP contribution in [-0.2, 0) is 0 Å². The highest BCUT2D eigenvalue weighted by atomic mass is 16.3. The molecule has 2 aromatic rings. The van der Waals surface area contributed by atoms with Crippen LogP contribution in [0.15, 0.2) is 22.8 Å². The van der Waals surface area contributed by atoms with Crippen molar-refractivity contribution in [1.82, 2.24) is 24.8 Å². The predicted molar refractivity (Wildman–Crippen MR) is 93.2 cm³/mol. The Balaban J connectivity index is 1.65. The number of anilines is 2. The Morgan fingerprint density at radius 2 is 1.96 bits per heavy atom. The third kappa shape index (κ3) is 3.71. The molecule has 25 heavy (non-hydrogen) atoms. The zero-order chi connectivity index (χ0) is 18.0. The minimum Gasteiger partial charge on any atom is -0.459 e. The molecular formula is C16H23N7O2. The predicted octanol–water partition coefficient (Wildman–Crippen LogP) is 0.632. The fourth-order valence-electron chi connectivity index (χ4n) is 2.82. The summed E-state index contributed by atoms with van der Waals surface area (Å²) in [7, 11) is 3.73. The van der Waals surface area contributed by atoms with Crippen LogP contribution in [0.5, 0.6) is 0 Å². The number of amides is 1. The minimum absolute atomic E-state index is 0.00938. The van der Waals surface area contributed by atoms with E-state index in [-0.39, 0.29) is 17.9 Å². The standard InChI is InChI=1S/C16H23N7O2/c1-11(13-18-15(17)20-16(19-13)21(2)3)22-6-8-23(9-7-22)14(24)12-5-4-10-25-12/h4-5,10-11H,6-9H2,1-3H3,(H2,17,18,19,20)/t11-/m1/s1. The number of nitrogens with zero attached hydrogens (tertiary/aromatic N) is 6. The lowest BCUT2D eigenvalue weighted by Crippen LogP contribution is -2.49. The number of furan rings is 1. The van der Waals surface area contributed by atoms with Crippen molar-refractivity contribution >= 4 is 17.8 Å². The quantitative estimate of drug-likeness (QED) is 0.860. The van der Waals surface area contributed by atoms with Gasteiger partial charge in [-0.1, -0.05) is 0 Å². The van der Waals surface area contributed by atoms with Crippen molar-refractivity contribution in [3.8, 4) is 0 Å². The van der Waals surface area contributed by atoms with Crippen LogP contribution >= 0.6 is 0 Å². The smallest absolute Gasteiger partial charge is 0.289 e. The molecule has 1 aliphatic heterocycles. The van der Waals surface area contributed by atoms with E-state index in [0.29, 0.717) is 30.6 Å². The van der Waals surface area contributed by atoms with Crippen LogP contribution in [0.3, 0.4) is 0 Å². The van der Waals surface area contributed by atoms with Crippen molar-refractivity contribution in [2.45, 2.75) is 13.0 Å². The molecule has 3 heterocycles. The number of carbonyl (C=O) groups is 1. The number of rotatable bonds is 4. The molecule has 0 spiro atoms. The summed E-state index contributed by atoms with van der Waals surface area (Å²) in [6.07, 6.45) is 1.51. The van der Waals surface area contributed by atoms with Gasteiger partial charge >= 0.3 is 0 Å². The van der Waals surface area contributed by atoms with E-state index in [1.165, 1.54) is 6.26 Å². The van der Waals surface area contributed by atoms with Crippen LogP contribution in [-0.4, -0.2) is 70.9 Å². The summed E-state index contributed by atoms with van der Waals surface area (Å²) >= 11 is 0. The highest BCUT2D eigenvalue weighted by molar-refractivity contribution is 5.91. The van der Waals surface area contributed by atoms with Gasteiger partial charge in [-0.2, -0.15) is 15.0 Å². The van der Waals surface area contributed by atoms with Gasteiger partial charge in [0, 0.05) is 40.3 Å². The molecular weight excluding hydrogens is 322 g/mol. The van der Waals surface area contributed by atoms with E-state index in [9.17, 15) is 4.79 Å². The van der Waals surface area contributed by atoms with E-state index in [1.54, 1.807) is 21.9 Å². The molecule has 2 aromatic heterocycles. The number of carbonyl (C=O) groups excluding carboxylic acids is 1. The van der Waals surface area contributed by atoms with Crippen molar-refractivity contribution in [2.75, 3.05) is 50.9 Å². The number of hydrogen-bond acceptors (Lipinski definition) is 8. The molecule has 9 heteroatoms. The highest BCUT2D eigenvalue weighted by Gasteiger charge is 2.28. The maximum absolute atomic E-state index is 12.3. The van der Waals surface area contributed by atoms with Gasteiger partial charge < -0.3 is 20.0 Å². The number of piperazine rings is 1. The Kier molecular flexibility index (Phi) is 4.84. The largest absolute Gasteiger partial charge is 0.459 e. The summed E-state index contributed by atoms with van der Waals surface area (Å²) < 4.78 is 5.19. The third-order valence-corrected chi connectivity index (χ3v) is 4.31. The van der Waals surface area contributed by atoms with Crippen LogP contribution in [0.4, 0.5) is 11.9 Å². The first-order chi connectivity index (χ1) is 12.0. The average Bonchev–Trinajstić information content (AvgIpc) is 3.14. The second-order valence-corrected chi connectivity index (χ2v) is 6.23. The molecule has 1 amide bonds. The van der Waals surface area contributed by atoms with Crippen LogP contribution in [0.1, 0.15) is 29.3 Å². The Morgan fingerprint density at radius 3 is 2.56 bits per heavy atom. The van der Waals surface area contributed by atoms with E-state index in [4.69, 9.17) is 10.2 Å². The summed E-state index contributed by atoms with van der Waals surface area (Å²) in [6.45, 7) is 4.77. The molecule has 0 radical (unpaired) electrons. The highest BCUT2D eigenvalue weighted by Crippen LogP contribution is 2.21. The molecule has 0 bridgehead atoms. The van der Waals surface area contributed by atoms with Gasteiger partial charge in [-0.05, 0) is 19.1 Å². The van der Waals surface area contributed by atoms with E-state index < -0.39 is 0 Å². The molecule has 1 fully saturated rings. The summed E-state index contributed by atoms with van der Waals surface area (Å²) in [5.74, 6) is 1.70. The van der Waals surface area contributed by atoms with Crippen LogP contribution < -0.4 is 10.6 Å². The maximum Gasteiger partial charge on any atom is 0.289 e. The number of nitrogen functional groups attached to an aromatic ring is 1. The van der Waals surface area contributed by atoms with Gasteiger partial charge in [-0.3, -0.25) is 9.69 Å². The summed E-state index contributed by atoms with van der Waals surface area (Å²) in [5.41, 5.74) is 5.81. The second-order valence-electron chi connectivity index (χ2n) is 6.23. The van der Waals surface area contributed by atoms with Gasteiger partial charge in [0.25, 0.3) is 5.91 Å². The second kappa shape index (κ2) is 7.06. The number of nitrogens with two attached hydrogens (primary N) is 1. The van der Waals surface area contributed by atoms with E-state index in [1.807, 2.05) is 21.0 Å². The Labute approximate surface area is 146 Å². The molecule has 0 unspecified atom stereocenters. The fourth-order valence-corrected chi connectivity index (χ4v) is 2.82. The zero-order valence-corrected chi connectivity index (χ0v) is 14.7. The minimum atomic E-state index is -0.0726. The Bertz CT molecular complexity index is 724. The zero-order valence-electron chi connectivity index (χ0n) is 14.7. The van der Waals surface area contributed by atoms with Gasteiger partial charge in [-0.25, -0.2) is 0 Å². The molecule has 2 N–H and O–H groups in total.